The molecule has 128 valence electrons. The van der Waals surface area contributed by atoms with E-state index in [1.165, 1.54) is 11.1 Å². The van der Waals surface area contributed by atoms with Gasteiger partial charge in [-0.2, -0.15) is 5.10 Å². The SMILES string of the molecule is Cc1c(C(=O)NCC2NCCc3ccccc32)cnn1C(C)(C)C. The summed E-state index contributed by atoms with van der Waals surface area (Å²) in [6, 6.07) is 8.60. The Labute approximate surface area is 143 Å². The number of nitrogens with zero attached hydrogens (tertiary/aromatic N) is 2. The minimum absolute atomic E-state index is 0.0622. The van der Waals surface area contributed by atoms with Crippen LogP contribution in [0.2, 0.25) is 0 Å². The van der Waals surface area contributed by atoms with Gasteiger partial charge in [0.2, 0.25) is 0 Å². The summed E-state index contributed by atoms with van der Waals surface area (Å²) in [5.74, 6) is -0.0622. The third-order valence-corrected chi connectivity index (χ3v) is 4.57. The number of hydrogen-bond donors (Lipinski definition) is 2. The highest BCUT2D eigenvalue weighted by molar-refractivity contribution is 5.95. The van der Waals surface area contributed by atoms with Gasteiger partial charge in [-0.3, -0.25) is 9.48 Å². The van der Waals surface area contributed by atoms with Gasteiger partial charge in [-0.15, -0.1) is 0 Å². The van der Waals surface area contributed by atoms with Crippen molar-refractivity contribution >= 4 is 5.91 Å². The van der Waals surface area contributed by atoms with Gasteiger partial charge in [0, 0.05) is 18.3 Å². The summed E-state index contributed by atoms with van der Waals surface area (Å²) in [6.07, 6.45) is 2.70. The van der Waals surface area contributed by atoms with Crippen molar-refractivity contribution in [3.05, 3.63) is 52.8 Å². The number of amides is 1. The average Bonchev–Trinajstić information content (AvgIpc) is 2.94. The molecule has 1 atom stereocenters. The van der Waals surface area contributed by atoms with Crippen molar-refractivity contribution in [1.29, 1.82) is 0 Å². The van der Waals surface area contributed by atoms with Gasteiger partial charge in [0.25, 0.3) is 5.91 Å². The van der Waals surface area contributed by atoms with E-state index < -0.39 is 0 Å². The lowest BCUT2D eigenvalue weighted by atomic mass is 9.94. The molecule has 1 amide bonds. The fraction of sp³-hybridized carbons (Fsp3) is 0.474. The van der Waals surface area contributed by atoms with Gasteiger partial charge in [0.1, 0.15) is 0 Å². The van der Waals surface area contributed by atoms with E-state index in [0.29, 0.717) is 12.1 Å². The Morgan fingerprint density at radius 2 is 2.12 bits per heavy atom. The first-order chi connectivity index (χ1) is 11.4. The fourth-order valence-corrected chi connectivity index (χ4v) is 3.37. The van der Waals surface area contributed by atoms with Crippen LogP contribution in [0.3, 0.4) is 0 Å². The second-order valence-electron chi connectivity index (χ2n) is 7.39. The van der Waals surface area contributed by atoms with Crippen molar-refractivity contribution in [3.8, 4) is 0 Å². The summed E-state index contributed by atoms with van der Waals surface area (Å²) in [5.41, 5.74) is 4.07. The first kappa shape index (κ1) is 16.7. The van der Waals surface area contributed by atoms with E-state index in [4.69, 9.17) is 0 Å². The van der Waals surface area contributed by atoms with Crippen molar-refractivity contribution in [2.75, 3.05) is 13.1 Å². The topological polar surface area (TPSA) is 59.0 Å². The highest BCUT2D eigenvalue weighted by Gasteiger charge is 2.23. The molecule has 1 aliphatic rings. The number of carbonyl (C=O) groups is 1. The Bertz CT molecular complexity index is 742. The second-order valence-corrected chi connectivity index (χ2v) is 7.39. The van der Waals surface area contributed by atoms with E-state index in [0.717, 1.165) is 18.7 Å². The van der Waals surface area contributed by atoms with E-state index in [1.807, 2.05) is 11.6 Å². The average molecular weight is 326 g/mol. The number of hydrogen-bond acceptors (Lipinski definition) is 3. The third kappa shape index (κ3) is 3.22. The molecular weight excluding hydrogens is 300 g/mol. The van der Waals surface area contributed by atoms with Gasteiger partial charge in [-0.05, 0) is 51.8 Å². The molecule has 0 radical (unpaired) electrons. The summed E-state index contributed by atoms with van der Waals surface area (Å²) in [6.45, 7) is 9.71. The molecule has 1 aliphatic heterocycles. The Kier molecular flexibility index (Phi) is 4.45. The Hall–Kier alpha value is -2.14. The van der Waals surface area contributed by atoms with Crippen LogP contribution in [-0.4, -0.2) is 28.8 Å². The maximum absolute atomic E-state index is 12.6. The molecule has 1 aromatic carbocycles. The predicted octanol–water partition coefficient (Wildman–Crippen LogP) is 2.56. The quantitative estimate of drug-likeness (QED) is 0.911. The molecule has 24 heavy (non-hydrogen) atoms. The van der Waals surface area contributed by atoms with Gasteiger partial charge in [-0.1, -0.05) is 24.3 Å². The number of nitrogens with one attached hydrogen (secondary N) is 2. The van der Waals surface area contributed by atoms with Crippen LogP contribution in [0.5, 0.6) is 0 Å². The third-order valence-electron chi connectivity index (χ3n) is 4.57. The highest BCUT2D eigenvalue weighted by Crippen LogP contribution is 2.22. The Balaban J connectivity index is 1.70. The maximum atomic E-state index is 12.6. The lowest BCUT2D eigenvalue weighted by Gasteiger charge is -2.27. The van der Waals surface area contributed by atoms with E-state index in [-0.39, 0.29) is 17.5 Å². The first-order valence-corrected chi connectivity index (χ1v) is 8.52. The Morgan fingerprint density at radius 1 is 1.38 bits per heavy atom. The number of rotatable bonds is 3. The van der Waals surface area contributed by atoms with Gasteiger partial charge in [0.05, 0.1) is 17.3 Å². The molecule has 1 unspecified atom stereocenters. The van der Waals surface area contributed by atoms with Crippen molar-refractivity contribution < 1.29 is 4.79 Å². The van der Waals surface area contributed by atoms with E-state index in [9.17, 15) is 4.79 Å². The number of aromatic nitrogens is 2. The van der Waals surface area contributed by atoms with Crippen LogP contribution in [0.15, 0.2) is 30.5 Å². The summed E-state index contributed by atoms with van der Waals surface area (Å²) >= 11 is 0. The molecule has 5 heteroatoms. The monoisotopic (exact) mass is 326 g/mol. The largest absolute Gasteiger partial charge is 0.350 e. The number of carbonyl (C=O) groups excluding carboxylic acids is 1. The molecule has 1 aromatic heterocycles. The number of benzene rings is 1. The highest BCUT2D eigenvalue weighted by atomic mass is 16.1. The van der Waals surface area contributed by atoms with Crippen molar-refractivity contribution in [3.63, 3.8) is 0 Å². The standard InChI is InChI=1S/C19H26N4O/c1-13-16(11-22-23(13)19(2,3)4)18(24)21-12-17-15-8-6-5-7-14(15)9-10-20-17/h5-8,11,17,20H,9-10,12H2,1-4H3,(H,21,24). The molecule has 2 N–H and O–H groups in total. The normalized spacial score (nSPS) is 17.4. The van der Waals surface area contributed by atoms with Crippen LogP contribution in [0.1, 0.15) is 54.0 Å². The second kappa shape index (κ2) is 6.40. The van der Waals surface area contributed by atoms with Crippen LogP contribution in [0, 0.1) is 6.92 Å². The zero-order valence-electron chi connectivity index (χ0n) is 14.9. The molecule has 0 saturated heterocycles. The van der Waals surface area contributed by atoms with Crippen LogP contribution in [0.4, 0.5) is 0 Å². The molecule has 0 spiro atoms. The fourth-order valence-electron chi connectivity index (χ4n) is 3.37. The minimum Gasteiger partial charge on any atom is -0.350 e. The van der Waals surface area contributed by atoms with Gasteiger partial charge in [0.15, 0.2) is 0 Å². The molecule has 0 saturated carbocycles. The molecule has 0 aliphatic carbocycles. The summed E-state index contributed by atoms with van der Waals surface area (Å²) < 4.78 is 1.90. The smallest absolute Gasteiger partial charge is 0.254 e. The lowest BCUT2D eigenvalue weighted by molar-refractivity contribution is 0.0948. The lowest BCUT2D eigenvalue weighted by Crippen LogP contribution is -2.39. The van der Waals surface area contributed by atoms with Gasteiger partial charge in [-0.25, -0.2) is 0 Å². The van der Waals surface area contributed by atoms with Crippen LogP contribution < -0.4 is 10.6 Å². The predicted molar refractivity (Wildman–Crippen MR) is 95.2 cm³/mol. The Morgan fingerprint density at radius 3 is 2.83 bits per heavy atom. The minimum atomic E-state index is -0.132. The zero-order chi connectivity index (χ0) is 17.3. The van der Waals surface area contributed by atoms with Crippen LogP contribution in [-0.2, 0) is 12.0 Å². The van der Waals surface area contributed by atoms with E-state index in [2.05, 4.69) is 60.8 Å². The molecule has 2 heterocycles. The van der Waals surface area contributed by atoms with Crippen molar-refractivity contribution in [1.82, 2.24) is 20.4 Å². The summed E-state index contributed by atoms with van der Waals surface area (Å²) in [4.78, 5) is 12.6. The molecule has 0 fully saturated rings. The van der Waals surface area contributed by atoms with Crippen LogP contribution >= 0.6 is 0 Å². The molecular formula is C19H26N4O. The summed E-state index contributed by atoms with van der Waals surface area (Å²) in [7, 11) is 0. The van der Waals surface area contributed by atoms with Gasteiger partial charge < -0.3 is 10.6 Å². The first-order valence-electron chi connectivity index (χ1n) is 8.52. The zero-order valence-corrected chi connectivity index (χ0v) is 14.9. The van der Waals surface area contributed by atoms with Crippen LogP contribution in [0.25, 0.3) is 0 Å². The van der Waals surface area contributed by atoms with Crippen molar-refractivity contribution in [2.45, 2.75) is 45.7 Å². The summed E-state index contributed by atoms with van der Waals surface area (Å²) in [5, 5.41) is 10.9. The molecule has 3 rings (SSSR count). The molecule has 5 nitrogen and oxygen atoms in total. The number of fused-ring (bicyclic) bond motifs is 1. The molecule has 2 aromatic rings. The maximum Gasteiger partial charge on any atom is 0.254 e. The van der Waals surface area contributed by atoms with Crippen molar-refractivity contribution in [2.24, 2.45) is 0 Å². The van der Waals surface area contributed by atoms with E-state index >= 15 is 0 Å². The van der Waals surface area contributed by atoms with E-state index in [1.54, 1.807) is 6.20 Å². The molecule has 0 bridgehead atoms. The van der Waals surface area contributed by atoms with Gasteiger partial charge >= 0.3 is 0 Å².